The highest BCUT2D eigenvalue weighted by atomic mass is 32.1. The topological polar surface area (TPSA) is 90.9 Å². The number of fused-ring (bicyclic) bond motifs is 1. The van der Waals surface area contributed by atoms with Gasteiger partial charge in [-0.25, -0.2) is 9.37 Å². The maximum absolute atomic E-state index is 13.8. The predicted octanol–water partition coefficient (Wildman–Crippen LogP) is 4.61. The number of aryl methyl sites for hydroxylation is 1. The molecule has 8 nitrogen and oxygen atoms in total. The SMILES string of the molecule is CC(C)c1nnc(C(c2ccc(F)cc2)N2C[C@H](C)N(c3cc(=O)n(C)c4ccc(C#N)nc34)C[C@H]2C)s1. The second-order valence-electron chi connectivity index (χ2n) is 10.2. The third-order valence-electron chi connectivity index (χ3n) is 7.23. The van der Waals surface area contributed by atoms with Crippen LogP contribution in [0.25, 0.3) is 11.0 Å². The summed E-state index contributed by atoms with van der Waals surface area (Å²) < 4.78 is 15.4. The number of hydrogen-bond acceptors (Lipinski definition) is 8. The van der Waals surface area contributed by atoms with Crippen LogP contribution < -0.4 is 10.5 Å². The van der Waals surface area contributed by atoms with E-state index in [4.69, 9.17) is 0 Å². The standard InChI is InChI=1S/C28H30FN7OS/c1-16(2)27-32-33-28(38-27)26(19-6-8-20(29)9-7-19)36-15-17(3)35(14-18(36)4)23-12-24(37)34(5)22-11-10-21(13-30)31-25(22)23/h6-12,16-18,26H,14-15H2,1-5H3/t17-,18+,26?/m0/s1. The van der Waals surface area contributed by atoms with E-state index in [2.05, 4.69) is 58.7 Å². The Morgan fingerprint density at radius 3 is 2.42 bits per heavy atom. The highest BCUT2D eigenvalue weighted by molar-refractivity contribution is 7.11. The van der Waals surface area contributed by atoms with Crippen molar-refractivity contribution < 1.29 is 4.39 Å². The number of benzene rings is 1. The van der Waals surface area contributed by atoms with Crippen molar-refractivity contribution in [2.45, 2.75) is 51.7 Å². The van der Waals surface area contributed by atoms with Gasteiger partial charge in [-0.2, -0.15) is 5.26 Å². The zero-order valence-electron chi connectivity index (χ0n) is 22.1. The Balaban J connectivity index is 1.55. The van der Waals surface area contributed by atoms with Gasteiger partial charge >= 0.3 is 0 Å². The quantitative estimate of drug-likeness (QED) is 0.372. The Bertz CT molecular complexity index is 1570. The maximum Gasteiger partial charge on any atom is 0.252 e. The van der Waals surface area contributed by atoms with E-state index in [1.807, 2.05) is 12.1 Å². The van der Waals surface area contributed by atoms with Crippen molar-refractivity contribution >= 4 is 28.1 Å². The monoisotopic (exact) mass is 531 g/mol. The van der Waals surface area contributed by atoms with E-state index >= 15 is 0 Å². The molecule has 3 aromatic heterocycles. The Labute approximate surface area is 225 Å². The van der Waals surface area contributed by atoms with Crippen molar-refractivity contribution in [2.75, 3.05) is 18.0 Å². The van der Waals surface area contributed by atoms with Gasteiger partial charge in [-0.15, -0.1) is 10.2 Å². The van der Waals surface area contributed by atoms with E-state index in [0.717, 1.165) is 21.3 Å². The van der Waals surface area contributed by atoms with Crippen molar-refractivity contribution in [3.05, 3.63) is 79.9 Å². The van der Waals surface area contributed by atoms with Crippen LogP contribution in [0.2, 0.25) is 0 Å². The minimum absolute atomic E-state index is 0.0227. The minimum Gasteiger partial charge on any atom is -0.364 e. The molecule has 0 spiro atoms. The molecule has 1 aliphatic heterocycles. The van der Waals surface area contributed by atoms with E-state index in [9.17, 15) is 14.4 Å². The van der Waals surface area contributed by atoms with Crippen LogP contribution >= 0.6 is 11.3 Å². The molecule has 10 heteroatoms. The van der Waals surface area contributed by atoms with Crippen molar-refractivity contribution in [3.8, 4) is 6.07 Å². The summed E-state index contributed by atoms with van der Waals surface area (Å²) in [4.78, 5) is 22.0. The van der Waals surface area contributed by atoms with Gasteiger partial charge in [0.05, 0.1) is 17.2 Å². The van der Waals surface area contributed by atoms with Gasteiger partial charge in [0.25, 0.3) is 5.56 Å². The lowest BCUT2D eigenvalue weighted by Crippen LogP contribution is -2.57. The van der Waals surface area contributed by atoms with Gasteiger partial charge < -0.3 is 9.47 Å². The van der Waals surface area contributed by atoms with E-state index in [-0.39, 0.29) is 35.4 Å². The minimum atomic E-state index is -0.277. The van der Waals surface area contributed by atoms with Crippen LogP contribution in [0.3, 0.4) is 0 Å². The van der Waals surface area contributed by atoms with Gasteiger partial charge in [0.1, 0.15) is 33.1 Å². The second kappa shape index (κ2) is 10.2. The normalized spacial score (nSPS) is 19.2. The first-order valence-corrected chi connectivity index (χ1v) is 13.5. The molecule has 196 valence electrons. The summed E-state index contributed by atoms with van der Waals surface area (Å²) in [5.74, 6) is -0.0104. The zero-order chi connectivity index (χ0) is 27.1. The number of nitrogens with zero attached hydrogens (tertiary/aromatic N) is 7. The number of aromatic nitrogens is 4. The molecule has 1 saturated heterocycles. The molecular formula is C28H30FN7OS. The molecule has 1 aromatic carbocycles. The van der Waals surface area contributed by atoms with Gasteiger partial charge in [0, 0.05) is 44.2 Å². The summed E-state index contributed by atoms with van der Waals surface area (Å²) in [6.07, 6.45) is 0. The van der Waals surface area contributed by atoms with E-state index < -0.39 is 0 Å². The second-order valence-corrected chi connectivity index (χ2v) is 11.3. The Kier molecular flexibility index (Phi) is 6.99. The Morgan fingerprint density at radius 2 is 1.76 bits per heavy atom. The number of piperazine rings is 1. The van der Waals surface area contributed by atoms with Crippen molar-refractivity contribution in [3.63, 3.8) is 0 Å². The molecule has 0 aliphatic carbocycles. The van der Waals surface area contributed by atoms with Gasteiger partial charge in [0.15, 0.2) is 0 Å². The van der Waals surface area contributed by atoms with Gasteiger partial charge in [0.2, 0.25) is 0 Å². The van der Waals surface area contributed by atoms with Gasteiger partial charge in [-0.05, 0) is 43.7 Å². The summed E-state index contributed by atoms with van der Waals surface area (Å²) in [6, 6.07) is 13.7. The van der Waals surface area contributed by atoms with Gasteiger partial charge in [-0.3, -0.25) is 9.69 Å². The van der Waals surface area contributed by atoms with Crippen LogP contribution in [0, 0.1) is 17.1 Å². The lowest BCUT2D eigenvalue weighted by Gasteiger charge is -2.48. The molecule has 0 amide bonds. The molecule has 1 fully saturated rings. The number of rotatable bonds is 5. The lowest BCUT2D eigenvalue weighted by atomic mass is 9.99. The molecule has 0 bridgehead atoms. The van der Waals surface area contributed by atoms with E-state index in [0.29, 0.717) is 29.8 Å². The summed E-state index contributed by atoms with van der Waals surface area (Å²) in [7, 11) is 1.72. The number of nitriles is 1. The number of halogens is 1. The maximum atomic E-state index is 13.8. The number of pyridine rings is 2. The molecule has 0 saturated carbocycles. The highest BCUT2D eigenvalue weighted by Gasteiger charge is 2.37. The summed E-state index contributed by atoms with van der Waals surface area (Å²) in [5, 5.41) is 20.3. The smallest absolute Gasteiger partial charge is 0.252 e. The summed E-state index contributed by atoms with van der Waals surface area (Å²) in [5.41, 5.74) is 3.21. The van der Waals surface area contributed by atoms with Crippen LogP contribution in [0.4, 0.5) is 10.1 Å². The van der Waals surface area contributed by atoms with Crippen LogP contribution in [-0.2, 0) is 7.05 Å². The molecular weight excluding hydrogens is 501 g/mol. The Morgan fingerprint density at radius 1 is 1.05 bits per heavy atom. The van der Waals surface area contributed by atoms with E-state index in [1.165, 1.54) is 12.1 Å². The number of anilines is 1. The van der Waals surface area contributed by atoms with E-state index in [1.54, 1.807) is 41.2 Å². The first kappa shape index (κ1) is 25.9. The average molecular weight is 532 g/mol. The zero-order valence-corrected chi connectivity index (χ0v) is 22.9. The molecule has 5 rings (SSSR count). The lowest BCUT2D eigenvalue weighted by molar-refractivity contribution is 0.129. The van der Waals surface area contributed by atoms with Crippen LogP contribution in [-0.4, -0.2) is 49.8 Å². The molecule has 38 heavy (non-hydrogen) atoms. The first-order chi connectivity index (χ1) is 18.2. The third-order valence-corrected chi connectivity index (χ3v) is 8.50. The molecule has 1 aliphatic rings. The number of hydrogen-bond donors (Lipinski definition) is 0. The molecule has 4 aromatic rings. The molecule has 3 atom stereocenters. The fraction of sp³-hybridized carbons (Fsp3) is 0.393. The predicted molar refractivity (Wildman–Crippen MR) is 147 cm³/mol. The van der Waals surface area contributed by atoms with Crippen molar-refractivity contribution in [1.29, 1.82) is 5.26 Å². The van der Waals surface area contributed by atoms with Gasteiger partial charge in [-0.1, -0.05) is 37.3 Å². The van der Waals surface area contributed by atoms with Crippen LogP contribution in [0.15, 0.2) is 47.3 Å². The van der Waals surface area contributed by atoms with Crippen LogP contribution in [0.5, 0.6) is 0 Å². The Hall–Kier alpha value is -3.68. The fourth-order valence-corrected chi connectivity index (χ4v) is 6.15. The first-order valence-electron chi connectivity index (χ1n) is 12.7. The van der Waals surface area contributed by atoms with Crippen molar-refractivity contribution in [1.82, 2.24) is 24.6 Å². The fourth-order valence-electron chi connectivity index (χ4n) is 5.15. The molecule has 1 unspecified atom stereocenters. The van der Waals surface area contributed by atoms with Crippen molar-refractivity contribution in [2.24, 2.45) is 7.05 Å². The molecule has 0 radical (unpaired) electrons. The molecule has 0 N–H and O–H groups in total. The van der Waals surface area contributed by atoms with Crippen LogP contribution in [0.1, 0.15) is 60.9 Å². The average Bonchev–Trinajstić information content (AvgIpc) is 3.39. The summed E-state index contributed by atoms with van der Waals surface area (Å²) >= 11 is 1.60. The summed E-state index contributed by atoms with van der Waals surface area (Å²) in [6.45, 7) is 9.78. The highest BCUT2D eigenvalue weighted by Crippen LogP contribution is 2.37. The largest absolute Gasteiger partial charge is 0.364 e. The molecule has 4 heterocycles. The third kappa shape index (κ3) is 4.68.